The third kappa shape index (κ3) is 2.71. The number of hydrogen-bond donors (Lipinski definition) is 0. The van der Waals surface area contributed by atoms with Crippen molar-refractivity contribution in [2.45, 2.75) is 17.9 Å². The maximum absolute atomic E-state index is 13.0. The predicted octanol–water partition coefficient (Wildman–Crippen LogP) is 4.26. The fourth-order valence-corrected chi connectivity index (χ4v) is 3.60. The molecule has 0 aliphatic carbocycles. The van der Waals surface area contributed by atoms with Crippen LogP contribution in [0.2, 0.25) is 10.2 Å². The second-order valence-electron chi connectivity index (χ2n) is 4.26. The van der Waals surface area contributed by atoms with E-state index in [1.165, 1.54) is 12.1 Å². The number of fused-ring (bicyclic) bond motifs is 1. The molecule has 0 unspecified atom stereocenters. The lowest BCUT2D eigenvalue weighted by Crippen LogP contribution is -2.02. The monoisotopic (exact) mass is 314 g/mol. The maximum atomic E-state index is 13.0. The predicted molar refractivity (Wildman–Crippen MR) is 76.3 cm³/mol. The summed E-state index contributed by atoms with van der Waals surface area (Å²) < 4.78 is 13.0. The molecule has 3 rings (SSSR count). The summed E-state index contributed by atoms with van der Waals surface area (Å²) in [4.78, 5) is 8.80. The second-order valence-corrected chi connectivity index (χ2v) is 6.01. The highest BCUT2D eigenvalue weighted by Gasteiger charge is 2.19. The number of aromatic nitrogens is 2. The van der Waals surface area contributed by atoms with Gasteiger partial charge in [0.25, 0.3) is 0 Å². The van der Waals surface area contributed by atoms with Gasteiger partial charge >= 0.3 is 0 Å². The minimum Gasteiger partial charge on any atom is -0.236 e. The SMILES string of the molecule is Fc1ccc(Cc2nc(Cl)c3c(n2)CSC3)c(Cl)c1. The third-order valence-electron chi connectivity index (χ3n) is 2.94. The molecule has 0 atom stereocenters. The zero-order chi connectivity index (χ0) is 13.4. The van der Waals surface area contributed by atoms with Gasteiger partial charge in [0.15, 0.2) is 0 Å². The number of halogens is 3. The molecule has 6 heteroatoms. The second kappa shape index (κ2) is 5.27. The van der Waals surface area contributed by atoms with Crippen LogP contribution in [0, 0.1) is 5.82 Å². The molecular weight excluding hydrogens is 306 g/mol. The van der Waals surface area contributed by atoms with Crippen molar-refractivity contribution >= 4 is 35.0 Å². The van der Waals surface area contributed by atoms with E-state index in [-0.39, 0.29) is 5.82 Å². The topological polar surface area (TPSA) is 25.8 Å². The number of benzene rings is 1. The van der Waals surface area contributed by atoms with Crippen LogP contribution in [-0.4, -0.2) is 9.97 Å². The first-order valence-electron chi connectivity index (χ1n) is 5.69. The van der Waals surface area contributed by atoms with E-state index >= 15 is 0 Å². The summed E-state index contributed by atoms with van der Waals surface area (Å²) in [5.74, 6) is 2.01. The van der Waals surface area contributed by atoms with Gasteiger partial charge in [0.1, 0.15) is 16.8 Å². The Bertz CT molecular complexity index is 649. The van der Waals surface area contributed by atoms with Crippen LogP contribution in [0.15, 0.2) is 18.2 Å². The Labute approximate surface area is 124 Å². The van der Waals surface area contributed by atoms with Gasteiger partial charge in [0.2, 0.25) is 0 Å². The Morgan fingerprint density at radius 3 is 2.84 bits per heavy atom. The third-order valence-corrected chi connectivity index (χ3v) is 4.57. The van der Waals surface area contributed by atoms with Crippen molar-refractivity contribution in [3.05, 3.63) is 56.8 Å². The van der Waals surface area contributed by atoms with Crippen LogP contribution in [0.3, 0.4) is 0 Å². The minimum atomic E-state index is -0.349. The Hall–Kier alpha value is -0.840. The summed E-state index contributed by atoms with van der Waals surface area (Å²) >= 11 is 13.9. The van der Waals surface area contributed by atoms with Crippen LogP contribution in [0.5, 0.6) is 0 Å². The first kappa shape index (κ1) is 13.2. The van der Waals surface area contributed by atoms with Gasteiger partial charge in [0.05, 0.1) is 5.69 Å². The molecule has 0 fully saturated rings. The summed E-state index contributed by atoms with van der Waals surface area (Å²) in [6.07, 6.45) is 0.455. The number of rotatable bonds is 2. The number of hydrogen-bond acceptors (Lipinski definition) is 3. The van der Waals surface area contributed by atoms with Crippen molar-refractivity contribution in [3.63, 3.8) is 0 Å². The van der Waals surface area contributed by atoms with Gasteiger partial charge < -0.3 is 0 Å². The number of nitrogens with zero attached hydrogens (tertiary/aromatic N) is 2. The molecule has 0 amide bonds. The molecule has 0 saturated heterocycles. The average molecular weight is 315 g/mol. The van der Waals surface area contributed by atoms with Gasteiger partial charge in [-0.2, -0.15) is 11.8 Å². The van der Waals surface area contributed by atoms with E-state index in [0.717, 1.165) is 28.3 Å². The normalized spacial score (nSPS) is 13.6. The minimum absolute atomic E-state index is 0.349. The molecule has 0 N–H and O–H groups in total. The highest BCUT2D eigenvalue weighted by Crippen LogP contribution is 2.32. The Balaban J connectivity index is 1.93. The first-order chi connectivity index (χ1) is 9.13. The molecular formula is C13H9Cl2FN2S. The van der Waals surface area contributed by atoms with Crippen LogP contribution in [0.4, 0.5) is 4.39 Å². The van der Waals surface area contributed by atoms with Crippen LogP contribution in [0.1, 0.15) is 22.6 Å². The fourth-order valence-electron chi connectivity index (χ4n) is 1.97. The lowest BCUT2D eigenvalue weighted by Gasteiger charge is -2.06. The van der Waals surface area contributed by atoms with E-state index < -0.39 is 0 Å². The van der Waals surface area contributed by atoms with Gasteiger partial charge in [-0.25, -0.2) is 14.4 Å². The average Bonchev–Trinajstić information content (AvgIpc) is 2.81. The molecule has 0 radical (unpaired) electrons. The Morgan fingerprint density at radius 1 is 1.21 bits per heavy atom. The quantitative estimate of drug-likeness (QED) is 0.775. The van der Waals surface area contributed by atoms with Crippen LogP contribution in [-0.2, 0) is 17.9 Å². The van der Waals surface area contributed by atoms with E-state index in [0.29, 0.717) is 22.4 Å². The molecule has 98 valence electrons. The van der Waals surface area contributed by atoms with E-state index in [9.17, 15) is 4.39 Å². The highest BCUT2D eigenvalue weighted by molar-refractivity contribution is 7.98. The molecule has 2 heterocycles. The lowest BCUT2D eigenvalue weighted by atomic mass is 10.1. The van der Waals surface area contributed by atoms with Crippen molar-refractivity contribution in [1.82, 2.24) is 9.97 Å². The van der Waals surface area contributed by atoms with Crippen molar-refractivity contribution in [2.24, 2.45) is 0 Å². The zero-order valence-electron chi connectivity index (χ0n) is 9.79. The lowest BCUT2D eigenvalue weighted by molar-refractivity contribution is 0.627. The van der Waals surface area contributed by atoms with Crippen LogP contribution < -0.4 is 0 Å². The van der Waals surface area contributed by atoms with Crippen molar-refractivity contribution in [1.29, 1.82) is 0 Å². The molecule has 1 aliphatic heterocycles. The standard InChI is InChI=1S/C13H9Cl2FN2S/c14-10-4-8(16)2-1-7(10)3-12-17-11-6-19-5-9(11)13(15)18-12/h1-2,4H,3,5-6H2. The molecule has 1 aliphatic rings. The summed E-state index contributed by atoms with van der Waals surface area (Å²) in [6.45, 7) is 0. The van der Waals surface area contributed by atoms with Crippen molar-refractivity contribution in [3.8, 4) is 0 Å². The van der Waals surface area contributed by atoms with Gasteiger partial charge in [-0.1, -0.05) is 29.3 Å². The van der Waals surface area contributed by atoms with Crippen molar-refractivity contribution < 1.29 is 4.39 Å². The van der Waals surface area contributed by atoms with Gasteiger partial charge in [-0.05, 0) is 17.7 Å². The molecule has 0 saturated carbocycles. The van der Waals surface area contributed by atoms with Gasteiger partial charge in [-0.15, -0.1) is 0 Å². The van der Waals surface area contributed by atoms with E-state index in [4.69, 9.17) is 23.2 Å². The highest BCUT2D eigenvalue weighted by atomic mass is 35.5. The molecule has 2 aromatic rings. The summed E-state index contributed by atoms with van der Waals surface area (Å²) in [6, 6.07) is 4.32. The van der Waals surface area contributed by atoms with Crippen LogP contribution in [0.25, 0.3) is 0 Å². The van der Waals surface area contributed by atoms with Crippen LogP contribution >= 0.6 is 35.0 Å². The number of thioether (sulfide) groups is 1. The maximum Gasteiger partial charge on any atom is 0.137 e. The van der Waals surface area contributed by atoms with Gasteiger partial charge in [0, 0.05) is 28.5 Å². The Kier molecular flexibility index (Phi) is 3.65. The van der Waals surface area contributed by atoms with Gasteiger partial charge in [-0.3, -0.25) is 0 Å². The molecule has 0 bridgehead atoms. The van der Waals surface area contributed by atoms with Crippen molar-refractivity contribution in [2.75, 3.05) is 0 Å². The largest absolute Gasteiger partial charge is 0.236 e. The van der Waals surface area contributed by atoms with E-state index in [2.05, 4.69) is 9.97 Å². The first-order valence-corrected chi connectivity index (χ1v) is 7.60. The molecule has 2 nitrogen and oxygen atoms in total. The van der Waals surface area contributed by atoms with E-state index in [1.807, 2.05) is 0 Å². The summed E-state index contributed by atoms with van der Waals surface area (Å²) in [5.41, 5.74) is 2.82. The molecule has 1 aromatic carbocycles. The van der Waals surface area contributed by atoms with E-state index in [1.54, 1.807) is 17.8 Å². The Morgan fingerprint density at radius 2 is 2.05 bits per heavy atom. The summed E-state index contributed by atoms with van der Waals surface area (Å²) in [5, 5.41) is 0.901. The molecule has 19 heavy (non-hydrogen) atoms. The molecule has 1 aromatic heterocycles. The zero-order valence-corrected chi connectivity index (χ0v) is 12.1. The molecule has 0 spiro atoms. The summed E-state index contributed by atoms with van der Waals surface area (Å²) in [7, 11) is 0. The fraction of sp³-hybridized carbons (Fsp3) is 0.231. The smallest absolute Gasteiger partial charge is 0.137 e.